The van der Waals surface area contributed by atoms with Crippen molar-refractivity contribution in [3.8, 4) is 11.5 Å². The number of aliphatic hydroxyl groups excluding tert-OH is 4. The average Bonchev–Trinajstić information content (AvgIpc) is 3.13. The zero-order valence-electron chi connectivity index (χ0n) is 32.6. The molecule has 0 fully saturated rings. The van der Waals surface area contributed by atoms with Crippen LogP contribution in [0.25, 0.3) is 5.57 Å². The summed E-state index contributed by atoms with van der Waals surface area (Å²) < 4.78 is 22.3. The molecule has 0 saturated carbocycles. The van der Waals surface area contributed by atoms with Crippen LogP contribution in [-0.2, 0) is 28.6 Å². The van der Waals surface area contributed by atoms with Crippen LogP contribution in [0.15, 0.2) is 52.5 Å². The van der Waals surface area contributed by atoms with E-state index in [-0.39, 0.29) is 61.9 Å². The summed E-state index contributed by atoms with van der Waals surface area (Å²) in [6, 6.07) is 0. The molecule has 3 aliphatic heterocycles. The summed E-state index contributed by atoms with van der Waals surface area (Å²) in [4.78, 5) is 53.0. The number of fused-ring (bicyclic) bond motifs is 14. The van der Waals surface area contributed by atoms with Crippen LogP contribution in [0.4, 0.5) is 5.69 Å². The van der Waals surface area contributed by atoms with E-state index in [1.165, 1.54) is 66.7 Å². The topological polar surface area (TPSA) is 239 Å². The number of esters is 2. The first-order valence-electron chi connectivity index (χ1n) is 17.8. The van der Waals surface area contributed by atoms with Gasteiger partial charge < -0.3 is 54.9 Å². The fraction of sp³-hybridized carbons (Fsp3) is 0.500. The van der Waals surface area contributed by atoms with Gasteiger partial charge in [0.1, 0.15) is 28.8 Å². The molecule has 300 valence electrons. The van der Waals surface area contributed by atoms with Crippen molar-refractivity contribution in [2.45, 2.75) is 92.3 Å². The Morgan fingerprint density at radius 1 is 0.909 bits per heavy atom. The van der Waals surface area contributed by atoms with Crippen LogP contribution < -0.4 is 10.1 Å². The number of phenols is 1. The summed E-state index contributed by atoms with van der Waals surface area (Å²) in [5, 5.41) is 71.8. The van der Waals surface area contributed by atoms with E-state index in [1.54, 1.807) is 13.0 Å². The predicted octanol–water partition coefficient (Wildman–Crippen LogP) is 3.10. The molecule has 0 saturated heterocycles. The fourth-order valence-corrected chi connectivity index (χ4v) is 7.28. The maximum absolute atomic E-state index is 14.0. The molecule has 15 heteroatoms. The number of hydrogen-bond donors (Lipinski definition) is 7. The van der Waals surface area contributed by atoms with Gasteiger partial charge in [0.25, 0.3) is 5.91 Å². The number of aromatic hydroxyl groups is 1. The maximum Gasteiger partial charge on any atom is 0.313 e. The van der Waals surface area contributed by atoms with Gasteiger partial charge in [-0.05, 0) is 46.3 Å². The van der Waals surface area contributed by atoms with Crippen molar-refractivity contribution in [2.75, 3.05) is 19.2 Å². The fourth-order valence-electron chi connectivity index (χ4n) is 7.28. The minimum atomic E-state index is -2.17. The SMILES string of the molecule is COC(=O)[C@H]1[C@H](O)[C@@H](C)[C@@H](O)[C@](C)(O)/C=C(\C)C2=C3C(=C(C)C(=O)c4c(O)c(c(C)c(OC(C)=O)c43)NC(=O)/C(C)=C/C=C\[C@@H](C)C(O)[C@@H](C)[C@H]1O)OCO2. The number of rotatable bonds is 2. The van der Waals surface area contributed by atoms with Crippen molar-refractivity contribution in [3.63, 3.8) is 0 Å². The molecule has 0 spiro atoms. The zero-order valence-corrected chi connectivity index (χ0v) is 32.6. The predicted molar refractivity (Wildman–Crippen MR) is 198 cm³/mol. The van der Waals surface area contributed by atoms with Crippen LogP contribution in [0, 0.1) is 30.6 Å². The van der Waals surface area contributed by atoms with Crippen LogP contribution in [0.3, 0.4) is 0 Å². The molecule has 4 aliphatic rings. The number of phenolic OH excluding ortho intramolecular Hbond substituents is 1. The third-order valence-corrected chi connectivity index (χ3v) is 10.6. The second-order valence-corrected chi connectivity index (χ2v) is 14.7. The summed E-state index contributed by atoms with van der Waals surface area (Å²) in [6.07, 6.45) is -0.878. The van der Waals surface area contributed by atoms with E-state index in [1.807, 2.05) is 0 Å². The van der Waals surface area contributed by atoms with E-state index in [2.05, 4.69) is 5.32 Å². The molecule has 4 bridgehead atoms. The largest absolute Gasteiger partial charge is 0.505 e. The highest BCUT2D eigenvalue weighted by atomic mass is 16.7. The molecule has 1 unspecified atom stereocenters. The molecule has 9 atom stereocenters. The number of Topliss-reactive ketones (excluding diaryl/α,β-unsaturated/α-hetero) is 1. The molecular formula is C40H51NO14. The van der Waals surface area contributed by atoms with E-state index in [4.69, 9.17) is 18.9 Å². The maximum atomic E-state index is 14.0. The molecule has 1 aromatic carbocycles. The second kappa shape index (κ2) is 16.5. The molecule has 1 aromatic rings. The van der Waals surface area contributed by atoms with E-state index in [9.17, 15) is 49.8 Å². The van der Waals surface area contributed by atoms with Crippen molar-refractivity contribution in [3.05, 3.63) is 69.2 Å². The van der Waals surface area contributed by atoms with Crippen LogP contribution in [0.2, 0.25) is 0 Å². The van der Waals surface area contributed by atoms with E-state index < -0.39 is 89.9 Å². The third kappa shape index (κ3) is 8.12. The number of anilines is 1. The minimum absolute atomic E-state index is 0.00256. The Hall–Kier alpha value is -4.80. The highest BCUT2D eigenvalue weighted by Crippen LogP contribution is 2.53. The standard InChI is InChI=1S/C40H51NO14/c1-16-12-11-13-17(2)38(49)41-28-19(4)36(55-23(8)42)24-25(33(28)47)31(45)21(6)35-26(24)34(53-15-54-35)18(3)14-40(9,51)37(48)22(7)32(46)27(39(50)52-10)30(44)20(5)29(16)43/h11-14,16,20,22,27,29-30,32,37,43-44,46-48,51H,15H2,1-10H3,(H,41,49)/b12-11-,17-13+,18-14+/t16-,20-,22-,27-,29?,30-,32-,37-,40-/m1/s1. The number of nitrogens with one attached hydrogen (secondary N) is 1. The van der Waals surface area contributed by atoms with E-state index in [0.717, 1.165) is 14.0 Å². The molecule has 7 N–H and O–H groups in total. The van der Waals surface area contributed by atoms with Gasteiger partial charge in [-0.1, -0.05) is 39.0 Å². The molecule has 3 heterocycles. The van der Waals surface area contributed by atoms with Crippen molar-refractivity contribution in [1.29, 1.82) is 0 Å². The van der Waals surface area contributed by atoms with E-state index >= 15 is 0 Å². The van der Waals surface area contributed by atoms with Crippen molar-refractivity contribution < 1.29 is 68.8 Å². The molecule has 1 aliphatic carbocycles. The number of aliphatic hydroxyl groups is 5. The lowest BCUT2D eigenvalue weighted by atomic mass is 9.75. The van der Waals surface area contributed by atoms with Crippen LogP contribution in [-0.4, -0.2) is 98.2 Å². The molecular weight excluding hydrogens is 718 g/mol. The average molecular weight is 770 g/mol. The Morgan fingerprint density at radius 2 is 1.51 bits per heavy atom. The van der Waals surface area contributed by atoms with Crippen molar-refractivity contribution in [1.82, 2.24) is 0 Å². The summed E-state index contributed by atoms with van der Waals surface area (Å²) >= 11 is 0. The van der Waals surface area contributed by atoms with Gasteiger partial charge in [0, 0.05) is 47.0 Å². The monoisotopic (exact) mass is 769 g/mol. The Bertz CT molecular complexity index is 1920. The smallest absolute Gasteiger partial charge is 0.313 e. The summed E-state index contributed by atoms with van der Waals surface area (Å²) in [7, 11) is 1.06. The number of hydrogen-bond acceptors (Lipinski definition) is 14. The number of ketones is 1. The Kier molecular flexibility index (Phi) is 12.9. The summed E-state index contributed by atoms with van der Waals surface area (Å²) in [6.45, 7) is 12.3. The van der Waals surface area contributed by atoms with Crippen molar-refractivity contribution in [2.24, 2.45) is 23.7 Å². The van der Waals surface area contributed by atoms with Gasteiger partial charge in [-0.15, -0.1) is 0 Å². The highest BCUT2D eigenvalue weighted by Gasteiger charge is 2.47. The molecule has 5 rings (SSSR count). The number of carbonyl (C=O) groups is 4. The number of methoxy groups -OCH3 is 1. The third-order valence-electron chi connectivity index (χ3n) is 10.6. The zero-order chi connectivity index (χ0) is 41.4. The molecule has 15 nitrogen and oxygen atoms in total. The Labute approximate surface area is 319 Å². The number of allylic oxidation sites excluding steroid dienone is 5. The minimum Gasteiger partial charge on any atom is -0.505 e. The second-order valence-electron chi connectivity index (χ2n) is 14.7. The van der Waals surface area contributed by atoms with Gasteiger partial charge in [-0.2, -0.15) is 0 Å². The number of benzene rings is 1. The highest BCUT2D eigenvalue weighted by molar-refractivity contribution is 6.21. The number of carbonyl (C=O) groups excluding carboxylic acids is 4. The van der Waals surface area contributed by atoms with Crippen LogP contribution in [0.5, 0.6) is 11.5 Å². The van der Waals surface area contributed by atoms with Crippen LogP contribution >= 0.6 is 0 Å². The lowest BCUT2D eigenvalue weighted by molar-refractivity contribution is -0.168. The number of amides is 1. The van der Waals surface area contributed by atoms with Gasteiger partial charge in [-0.3, -0.25) is 19.2 Å². The van der Waals surface area contributed by atoms with Crippen molar-refractivity contribution >= 4 is 34.9 Å². The van der Waals surface area contributed by atoms with Gasteiger partial charge in [-0.25, -0.2) is 0 Å². The van der Waals surface area contributed by atoms with Gasteiger partial charge in [0.15, 0.2) is 11.5 Å². The quantitative estimate of drug-likeness (QED) is 0.130. The van der Waals surface area contributed by atoms with Gasteiger partial charge in [0.05, 0.1) is 48.3 Å². The first kappa shape index (κ1) is 42.9. The number of ether oxygens (including phenoxy) is 4. The lowest BCUT2D eigenvalue weighted by Crippen LogP contribution is -2.53. The normalized spacial score (nSPS) is 33.3. The Balaban J connectivity index is 2.07. The van der Waals surface area contributed by atoms with Gasteiger partial charge >= 0.3 is 11.9 Å². The Morgan fingerprint density at radius 3 is 2.11 bits per heavy atom. The molecule has 0 radical (unpaired) electrons. The van der Waals surface area contributed by atoms with E-state index in [0.29, 0.717) is 0 Å². The molecule has 1 amide bonds. The lowest BCUT2D eigenvalue weighted by Gasteiger charge is -2.39. The summed E-state index contributed by atoms with van der Waals surface area (Å²) in [5.74, 6) is -8.68. The van der Waals surface area contributed by atoms with Gasteiger partial charge in [0.2, 0.25) is 6.79 Å². The molecule has 55 heavy (non-hydrogen) atoms. The summed E-state index contributed by atoms with van der Waals surface area (Å²) in [5.41, 5.74) is -2.34. The first-order valence-corrected chi connectivity index (χ1v) is 17.8. The first-order chi connectivity index (χ1) is 25.6. The molecule has 0 aromatic heterocycles. The van der Waals surface area contributed by atoms with Crippen LogP contribution in [0.1, 0.15) is 76.9 Å².